The Balaban J connectivity index is 2.29. The van der Waals surface area contributed by atoms with Crippen molar-refractivity contribution in [3.05, 3.63) is 23.5 Å². The molecule has 116 valence electrons. The monoisotopic (exact) mass is 294 g/mol. The van der Waals surface area contributed by atoms with Crippen molar-refractivity contribution in [3.63, 3.8) is 0 Å². The zero-order valence-electron chi connectivity index (χ0n) is 12.8. The minimum atomic E-state index is -0.557. The number of nitrogens with one attached hydrogen (secondary N) is 1. The fourth-order valence-electron chi connectivity index (χ4n) is 2.94. The Morgan fingerprint density at radius 3 is 2.76 bits per heavy atom. The standard InChI is InChI=1S/C16H23FN2O2/c1-16(2)7-5-4-6-14(16)19-13-8-10(15(20)21-3)12(18)9-11(13)17/h8-9,14,19H,4-7,18H2,1-3H3. The summed E-state index contributed by atoms with van der Waals surface area (Å²) in [6.07, 6.45) is 4.42. The van der Waals surface area contributed by atoms with Gasteiger partial charge in [-0.1, -0.05) is 26.7 Å². The Kier molecular flexibility index (Phi) is 4.40. The highest BCUT2D eigenvalue weighted by Gasteiger charge is 2.32. The SMILES string of the molecule is COC(=O)c1cc(NC2CCCCC2(C)C)c(F)cc1N. The van der Waals surface area contributed by atoms with Crippen LogP contribution < -0.4 is 11.1 Å². The first-order chi connectivity index (χ1) is 9.85. The van der Waals surface area contributed by atoms with E-state index in [9.17, 15) is 9.18 Å². The molecular formula is C16H23FN2O2. The Hall–Kier alpha value is -1.78. The molecule has 0 aliphatic heterocycles. The zero-order valence-corrected chi connectivity index (χ0v) is 12.8. The molecule has 21 heavy (non-hydrogen) atoms. The quantitative estimate of drug-likeness (QED) is 0.660. The van der Waals surface area contributed by atoms with Crippen LogP contribution in [0.2, 0.25) is 0 Å². The van der Waals surface area contributed by atoms with Gasteiger partial charge in [0.1, 0.15) is 5.82 Å². The molecule has 0 radical (unpaired) electrons. The third-order valence-corrected chi connectivity index (χ3v) is 4.38. The molecule has 1 saturated carbocycles. The van der Waals surface area contributed by atoms with Crippen molar-refractivity contribution in [1.29, 1.82) is 0 Å². The van der Waals surface area contributed by atoms with E-state index in [0.29, 0.717) is 5.69 Å². The highest BCUT2D eigenvalue weighted by Crippen LogP contribution is 2.38. The first-order valence-electron chi connectivity index (χ1n) is 7.29. The van der Waals surface area contributed by atoms with Gasteiger partial charge in [-0.25, -0.2) is 9.18 Å². The molecule has 1 aliphatic carbocycles. The van der Waals surface area contributed by atoms with Gasteiger partial charge in [0, 0.05) is 11.7 Å². The highest BCUT2D eigenvalue weighted by molar-refractivity contribution is 5.96. The molecule has 0 spiro atoms. The van der Waals surface area contributed by atoms with Gasteiger partial charge in [-0.2, -0.15) is 0 Å². The van der Waals surface area contributed by atoms with Gasteiger partial charge < -0.3 is 15.8 Å². The maximum absolute atomic E-state index is 14.1. The lowest BCUT2D eigenvalue weighted by molar-refractivity contribution is 0.0602. The van der Waals surface area contributed by atoms with Crippen molar-refractivity contribution in [1.82, 2.24) is 0 Å². The summed E-state index contributed by atoms with van der Waals surface area (Å²) in [5.74, 6) is -1.00. The summed E-state index contributed by atoms with van der Waals surface area (Å²) >= 11 is 0. The summed E-state index contributed by atoms with van der Waals surface area (Å²) in [4.78, 5) is 11.7. The number of esters is 1. The molecule has 1 atom stereocenters. The Morgan fingerprint density at radius 2 is 2.14 bits per heavy atom. The van der Waals surface area contributed by atoms with Crippen molar-refractivity contribution >= 4 is 17.3 Å². The van der Waals surface area contributed by atoms with E-state index in [0.717, 1.165) is 19.3 Å². The van der Waals surface area contributed by atoms with Crippen LogP contribution in [0.3, 0.4) is 0 Å². The largest absolute Gasteiger partial charge is 0.465 e. The second-order valence-electron chi connectivity index (χ2n) is 6.34. The first-order valence-corrected chi connectivity index (χ1v) is 7.29. The molecule has 3 N–H and O–H groups in total. The fourth-order valence-corrected chi connectivity index (χ4v) is 2.94. The number of hydrogen-bond acceptors (Lipinski definition) is 4. The molecule has 1 aliphatic rings. The molecule has 5 heteroatoms. The zero-order chi connectivity index (χ0) is 15.6. The summed E-state index contributed by atoms with van der Waals surface area (Å²) in [5, 5.41) is 3.25. The maximum atomic E-state index is 14.1. The van der Waals surface area contributed by atoms with E-state index in [1.54, 1.807) is 0 Å². The number of carbonyl (C=O) groups excluding carboxylic acids is 1. The summed E-state index contributed by atoms with van der Waals surface area (Å²) in [7, 11) is 1.28. The molecule has 0 bridgehead atoms. The number of ether oxygens (including phenoxy) is 1. The molecule has 1 unspecified atom stereocenters. The van der Waals surface area contributed by atoms with Crippen molar-refractivity contribution < 1.29 is 13.9 Å². The topological polar surface area (TPSA) is 64.3 Å². The van der Waals surface area contributed by atoms with Crippen LogP contribution >= 0.6 is 0 Å². The van der Waals surface area contributed by atoms with Crippen molar-refractivity contribution in [3.8, 4) is 0 Å². The van der Waals surface area contributed by atoms with Gasteiger partial charge in [0.05, 0.1) is 18.4 Å². The number of rotatable bonds is 3. The number of benzene rings is 1. The molecule has 1 fully saturated rings. The lowest BCUT2D eigenvalue weighted by Crippen LogP contribution is -2.39. The van der Waals surface area contributed by atoms with Crippen LogP contribution in [0.15, 0.2) is 12.1 Å². The van der Waals surface area contributed by atoms with E-state index in [2.05, 4.69) is 23.9 Å². The van der Waals surface area contributed by atoms with E-state index < -0.39 is 11.8 Å². The Morgan fingerprint density at radius 1 is 1.43 bits per heavy atom. The first kappa shape index (κ1) is 15.6. The van der Waals surface area contributed by atoms with Gasteiger partial charge in [-0.15, -0.1) is 0 Å². The third kappa shape index (κ3) is 3.28. The normalized spacial score (nSPS) is 20.9. The molecule has 0 aromatic heterocycles. The second kappa shape index (κ2) is 5.92. The van der Waals surface area contributed by atoms with Crippen LogP contribution in [0.25, 0.3) is 0 Å². The minimum Gasteiger partial charge on any atom is -0.465 e. The van der Waals surface area contributed by atoms with Crippen LogP contribution in [-0.2, 0) is 4.74 Å². The van der Waals surface area contributed by atoms with Gasteiger partial charge in [-0.05, 0) is 30.4 Å². The lowest BCUT2D eigenvalue weighted by Gasteiger charge is -2.39. The van der Waals surface area contributed by atoms with E-state index in [4.69, 9.17) is 5.73 Å². The van der Waals surface area contributed by atoms with Gasteiger partial charge >= 0.3 is 5.97 Å². The predicted molar refractivity (Wildman–Crippen MR) is 81.8 cm³/mol. The van der Waals surface area contributed by atoms with Gasteiger partial charge in [0.15, 0.2) is 0 Å². The molecule has 2 rings (SSSR count). The molecule has 4 nitrogen and oxygen atoms in total. The fraction of sp³-hybridized carbons (Fsp3) is 0.562. The molecular weight excluding hydrogens is 271 g/mol. The maximum Gasteiger partial charge on any atom is 0.340 e. The van der Waals surface area contributed by atoms with Crippen LogP contribution in [0.4, 0.5) is 15.8 Å². The number of carbonyl (C=O) groups is 1. The number of methoxy groups -OCH3 is 1. The van der Waals surface area contributed by atoms with Gasteiger partial charge in [0.2, 0.25) is 0 Å². The Bertz CT molecular complexity index is 543. The van der Waals surface area contributed by atoms with Crippen molar-refractivity contribution in [2.45, 2.75) is 45.6 Å². The molecule has 1 aromatic carbocycles. The third-order valence-electron chi connectivity index (χ3n) is 4.38. The summed E-state index contributed by atoms with van der Waals surface area (Å²) in [6, 6.07) is 2.79. The van der Waals surface area contributed by atoms with Crippen molar-refractivity contribution in [2.75, 3.05) is 18.2 Å². The number of nitrogen functional groups attached to an aromatic ring is 1. The summed E-state index contributed by atoms with van der Waals surface area (Å²) < 4.78 is 18.8. The van der Waals surface area contributed by atoms with Crippen LogP contribution in [0.5, 0.6) is 0 Å². The van der Waals surface area contributed by atoms with E-state index in [-0.39, 0.29) is 22.7 Å². The Labute approximate surface area is 124 Å². The van der Waals surface area contributed by atoms with Gasteiger partial charge in [-0.3, -0.25) is 0 Å². The molecule has 0 amide bonds. The molecule has 1 aromatic rings. The number of anilines is 2. The number of halogens is 1. The lowest BCUT2D eigenvalue weighted by atomic mass is 9.73. The van der Waals surface area contributed by atoms with Crippen LogP contribution in [0, 0.1) is 11.2 Å². The summed E-state index contributed by atoms with van der Waals surface area (Å²) in [5.41, 5.74) is 6.37. The number of hydrogen-bond donors (Lipinski definition) is 2. The van der Waals surface area contributed by atoms with Gasteiger partial charge in [0.25, 0.3) is 0 Å². The minimum absolute atomic E-state index is 0.0906. The second-order valence-corrected chi connectivity index (χ2v) is 6.34. The predicted octanol–water partition coefficient (Wildman–Crippen LogP) is 3.58. The highest BCUT2D eigenvalue weighted by atomic mass is 19.1. The van der Waals surface area contributed by atoms with Crippen LogP contribution in [-0.4, -0.2) is 19.1 Å². The average molecular weight is 294 g/mol. The smallest absolute Gasteiger partial charge is 0.340 e. The van der Waals surface area contributed by atoms with E-state index >= 15 is 0 Å². The molecule has 0 heterocycles. The summed E-state index contributed by atoms with van der Waals surface area (Å²) in [6.45, 7) is 4.36. The average Bonchev–Trinajstić information content (AvgIpc) is 2.42. The molecule has 0 saturated heterocycles. The van der Waals surface area contributed by atoms with Crippen LogP contribution in [0.1, 0.15) is 49.9 Å². The van der Waals surface area contributed by atoms with Crippen molar-refractivity contribution in [2.24, 2.45) is 5.41 Å². The van der Waals surface area contributed by atoms with E-state index in [1.807, 2.05) is 0 Å². The van der Waals surface area contributed by atoms with E-state index in [1.165, 1.54) is 25.7 Å². The number of nitrogens with two attached hydrogens (primary N) is 1.